The fourth-order valence-electron chi connectivity index (χ4n) is 2.04. The average molecular weight is 264 g/mol. The third-order valence-corrected chi connectivity index (χ3v) is 4.23. The van der Waals surface area contributed by atoms with Crippen LogP contribution in [0.25, 0.3) is 0 Å². The van der Waals surface area contributed by atoms with E-state index in [1.165, 1.54) is 30.4 Å². The summed E-state index contributed by atoms with van der Waals surface area (Å²) in [7, 11) is 0. The summed E-state index contributed by atoms with van der Waals surface area (Å²) in [4.78, 5) is 12.3. The summed E-state index contributed by atoms with van der Waals surface area (Å²) >= 11 is 1.78. The number of unbranched alkanes of at least 4 members (excludes halogenated alkanes) is 2. The molecule has 0 amide bonds. The van der Waals surface area contributed by atoms with Crippen LogP contribution in [0.1, 0.15) is 54.6 Å². The highest BCUT2D eigenvalue weighted by molar-refractivity contribution is 8.00. The fraction of sp³-hybridized carbons (Fsp3) is 0.562. The summed E-state index contributed by atoms with van der Waals surface area (Å²) in [6.07, 6.45) is 3.71. The van der Waals surface area contributed by atoms with E-state index in [9.17, 15) is 4.79 Å². The van der Waals surface area contributed by atoms with Crippen molar-refractivity contribution in [2.24, 2.45) is 0 Å². The molecule has 1 aromatic rings. The molecular weight excluding hydrogens is 240 g/mol. The lowest BCUT2D eigenvalue weighted by Crippen LogP contribution is -2.14. The van der Waals surface area contributed by atoms with Crippen molar-refractivity contribution >= 4 is 17.5 Å². The number of rotatable bonds is 7. The summed E-state index contributed by atoms with van der Waals surface area (Å²) in [5.41, 5.74) is 3.20. The number of hydrogen-bond acceptors (Lipinski definition) is 2. The van der Waals surface area contributed by atoms with E-state index < -0.39 is 0 Å². The Hall–Kier alpha value is -0.760. The molecule has 18 heavy (non-hydrogen) atoms. The van der Waals surface area contributed by atoms with Gasteiger partial charge in [0, 0.05) is 5.56 Å². The molecule has 0 spiro atoms. The molecule has 0 heterocycles. The first-order chi connectivity index (χ1) is 8.54. The largest absolute Gasteiger partial charge is 0.293 e. The highest BCUT2D eigenvalue weighted by atomic mass is 32.2. The minimum absolute atomic E-state index is 0.0723. The van der Waals surface area contributed by atoms with Crippen LogP contribution >= 0.6 is 11.8 Å². The van der Waals surface area contributed by atoms with Crippen molar-refractivity contribution in [1.29, 1.82) is 0 Å². The van der Waals surface area contributed by atoms with Gasteiger partial charge in [0.1, 0.15) is 0 Å². The molecule has 0 aromatic heterocycles. The van der Waals surface area contributed by atoms with Crippen molar-refractivity contribution in [3.05, 3.63) is 34.9 Å². The molecule has 0 aliphatic heterocycles. The second-order valence-electron chi connectivity index (χ2n) is 4.96. The Morgan fingerprint density at radius 3 is 2.33 bits per heavy atom. The maximum atomic E-state index is 12.3. The van der Waals surface area contributed by atoms with Crippen LogP contribution in [0.3, 0.4) is 0 Å². The smallest absolute Gasteiger partial charge is 0.175 e. The number of aryl methyl sites for hydroxylation is 2. The molecule has 1 nitrogen and oxygen atoms in total. The highest BCUT2D eigenvalue weighted by Crippen LogP contribution is 2.19. The SMILES string of the molecule is CCCCCSC(C)C(=O)c1cc(C)cc(C)c1. The minimum atomic E-state index is 0.0723. The summed E-state index contributed by atoms with van der Waals surface area (Å²) in [6.45, 7) is 8.32. The van der Waals surface area contributed by atoms with E-state index in [0.717, 1.165) is 11.3 Å². The van der Waals surface area contributed by atoms with E-state index in [1.807, 2.05) is 32.9 Å². The van der Waals surface area contributed by atoms with Crippen molar-refractivity contribution < 1.29 is 4.79 Å². The van der Waals surface area contributed by atoms with Gasteiger partial charge in [-0.25, -0.2) is 0 Å². The maximum absolute atomic E-state index is 12.3. The van der Waals surface area contributed by atoms with Gasteiger partial charge in [0.2, 0.25) is 0 Å². The van der Waals surface area contributed by atoms with E-state index in [0.29, 0.717) is 0 Å². The van der Waals surface area contributed by atoms with Crippen LogP contribution < -0.4 is 0 Å². The Balaban J connectivity index is 2.57. The Morgan fingerprint density at radius 1 is 1.17 bits per heavy atom. The molecule has 0 fully saturated rings. The summed E-state index contributed by atoms with van der Waals surface area (Å²) < 4.78 is 0. The molecule has 1 atom stereocenters. The fourth-order valence-corrected chi connectivity index (χ4v) is 3.05. The van der Waals surface area contributed by atoms with Gasteiger partial charge in [-0.2, -0.15) is 11.8 Å². The molecule has 0 radical (unpaired) electrons. The lowest BCUT2D eigenvalue weighted by Gasteiger charge is -2.11. The number of carbonyl (C=O) groups is 1. The number of hydrogen-bond donors (Lipinski definition) is 0. The lowest BCUT2D eigenvalue weighted by atomic mass is 10.0. The highest BCUT2D eigenvalue weighted by Gasteiger charge is 2.15. The zero-order valence-corrected chi connectivity index (χ0v) is 12.8. The Labute approximate surface area is 115 Å². The molecule has 0 N–H and O–H groups in total. The standard InChI is InChI=1S/C16H24OS/c1-5-6-7-8-18-14(4)16(17)15-10-12(2)9-13(3)11-15/h9-11,14H,5-8H2,1-4H3. The Bertz CT molecular complexity index is 378. The third-order valence-electron chi connectivity index (χ3n) is 2.99. The van der Waals surface area contributed by atoms with Gasteiger partial charge in [-0.3, -0.25) is 4.79 Å². The number of carbonyl (C=O) groups excluding carboxylic acids is 1. The minimum Gasteiger partial charge on any atom is -0.293 e. The van der Waals surface area contributed by atoms with Crippen molar-refractivity contribution in [3.63, 3.8) is 0 Å². The van der Waals surface area contributed by atoms with Crippen molar-refractivity contribution in [2.45, 2.75) is 52.2 Å². The van der Waals surface area contributed by atoms with E-state index in [-0.39, 0.29) is 11.0 Å². The molecule has 0 aliphatic rings. The third kappa shape index (κ3) is 4.85. The Kier molecular flexibility index (Phi) is 6.48. The quantitative estimate of drug-likeness (QED) is 0.520. The van der Waals surface area contributed by atoms with Gasteiger partial charge in [-0.1, -0.05) is 37.0 Å². The summed E-state index contributed by atoms with van der Waals surface area (Å²) in [5.74, 6) is 1.36. The van der Waals surface area contributed by atoms with E-state index in [4.69, 9.17) is 0 Å². The first-order valence-corrected chi connectivity index (χ1v) is 7.83. The zero-order chi connectivity index (χ0) is 13.5. The first-order valence-electron chi connectivity index (χ1n) is 6.78. The first kappa shape index (κ1) is 15.3. The van der Waals surface area contributed by atoms with Crippen molar-refractivity contribution in [3.8, 4) is 0 Å². The molecule has 1 rings (SSSR count). The average Bonchev–Trinajstić information content (AvgIpc) is 2.32. The molecule has 0 aliphatic carbocycles. The van der Waals surface area contributed by atoms with Crippen LogP contribution in [-0.2, 0) is 0 Å². The predicted molar refractivity (Wildman–Crippen MR) is 81.7 cm³/mol. The number of thioether (sulfide) groups is 1. The topological polar surface area (TPSA) is 17.1 Å². The second kappa shape index (κ2) is 7.63. The van der Waals surface area contributed by atoms with Crippen LogP contribution in [0.15, 0.2) is 18.2 Å². The molecule has 1 unspecified atom stereocenters. The predicted octanol–water partition coefficient (Wildman–Crippen LogP) is 4.80. The molecule has 0 saturated heterocycles. The Morgan fingerprint density at radius 2 is 1.78 bits per heavy atom. The van der Waals surface area contributed by atoms with Crippen molar-refractivity contribution in [2.75, 3.05) is 5.75 Å². The van der Waals surface area contributed by atoms with E-state index >= 15 is 0 Å². The molecule has 2 heteroatoms. The van der Waals surface area contributed by atoms with Crippen LogP contribution in [0.2, 0.25) is 0 Å². The van der Waals surface area contributed by atoms with Crippen molar-refractivity contribution in [1.82, 2.24) is 0 Å². The van der Waals surface area contributed by atoms with Gasteiger partial charge < -0.3 is 0 Å². The molecule has 1 aromatic carbocycles. The van der Waals surface area contributed by atoms with Crippen LogP contribution in [0.5, 0.6) is 0 Å². The zero-order valence-electron chi connectivity index (χ0n) is 12.0. The van der Waals surface area contributed by atoms with Crippen LogP contribution in [-0.4, -0.2) is 16.8 Å². The maximum Gasteiger partial charge on any atom is 0.175 e. The lowest BCUT2D eigenvalue weighted by molar-refractivity contribution is 0.0994. The van der Waals surface area contributed by atoms with Gasteiger partial charge in [0.25, 0.3) is 0 Å². The monoisotopic (exact) mass is 264 g/mol. The summed E-state index contributed by atoms with van der Waals surface area (Å²) in [5, 5.41) is 0.0723. The second-order valence-corrected chi connectivity index (χ2v) is 6.41. The molecular formula is C16H24OS. The number of ketones is 1. The number of benzene rings is 1. The van der Waals surface area contributed by atoms with Crippen LogP contribution in [0.4, 0.5) is 0 Å². The molecule has 100 valence electrons. The van der Waals surface area contributed by atoms with E-state index in [2.05, 4.69) is 13.0 Å². The van der Waals surface area contributed by atoms with Gasteiger partial charge in [-0.05, 0) is 45.1 Å². The normalized spacial score (nSPS) is 12.4. The number of Topliss-reactive ketones (excluding diaryl/α,β-unsaturated/α-hetero) is 1. The summed E-state index contributed by atoms with van der Waals surface area (Å²) in [6, 6.07) is 6.10. The molecule has 0 saturated carbocycles. The van der Waals surface area contributed by atoms with Gasteiger partial charge in [-0.15, -0.1) is 0 Å². The molecule has 0 bridgehead atoms. The van der Waals surface area contributed by atoms with Gasteiger partial charge in [0.15, 0.2) is 5.78 Å². The van der Waals surface area contributed by atoms with Gasteiger partial charge >= 0.3 is 0 Å². The van der Waals surface area contributed by atoms with Crippen LogP contribution in [0, 0.1) is 13.8 Å². The van der Waals surface area contributed by atoms with E-state index in [1.54, 1.807) is 11.8 Å². The van der Waals surface area contributed by atoms with Gasteiger partial charge in [0.05, 0.1) is 5.25 Å².